The number of hydrogen-bond donors (Lipinski definition) is 2. The number of aromatic nitrogens is 2. The Bertz CT molecular complexity index is 685. The zero-order valence-electron chi connectivity index (χ0n) is 14.8. The number of likely N-dealkylation sites (N-methyl/N-ethyl adjacent to an activating group) is 1. The Morgan fingerprint density at radius 2 is 2.17 bits per heavy atom. The molecule has 0 spiro atoms. The highest BCUT2D eigenvalue weighted by Crippen LogP contribution is 2.18. The van der Waals surface area contributed by atoms with Crippen molar-refractivity contribution in [2.24, 2.45) is 0 Å². The number of hydrogen-bond acceptors (Lipinski definition) is 5. The molecular formula is C18H28N4O2. The monoisotopic (exact) mass is 332 g/mol. The number of nitrogens with zero attached hydrogens (tertiary/aromatic N) is 3. The van der Waals surface area contributed by atoms with Crippen LogP contribution in [-0.2, 0) is 11.3 Å². The second-order valence-electron chi connectivity index (χ2n) is 6.89. The molecule has 1 aliphatic rings. The number of aliphatic hydroxyl groups is 1. The summed E-state index contributed by atoms with van der Waals surface area (Å²) in [5, 5.41) is 13.6. The van der Waals surface area contributed by atoms with Crippen LogP contribution in [0.2, 0.25) is 0 Å². The highest BCUT2D eigenvalue weighted by molar-refractivity contribution is 5.77. The van der Waals surface area contributed by atoms with E-state index in [0.717, 1.165) is 37.3 Å². The third-order valence-electron chi connectivity index (χ3n) is 4.74. The van der Waals surface area contributed by atoms with Gasteiger partial charge >= 0.3 is 0 Å². The first-order valence-electron chi connectivity index (χ1n) is 8.64. The summed E-state index contributed by atoms with van der Waals surface area (Å²) in [5.41, 5.74) is 4.55. The van der Waals surface area contributed by atoms with Gasteiger partial charge in [-0.3, -0.25) is 0 Å². The highest BCUT2D eigenvalue weighted by Gasteiger charge is 2.17. The molecule has 0 unspecified atom stereocenters. The molecule has 0 amide bonds. The van der Waals surface area contributed by atoms with Crippen molar-refractivity contribution in [3.63, 3.8) is 0 Å². The molecule has 0 bridgehead atoms. The van der Waals surface area contributed by atoms with E-state index in [9.17, 15) is 5.11 Å². The Labute approximate surface area is 143 Å². The van der Waals surface area contributed by atoms with Gasteiger partial charge in [0.2, 0.25) is 0 Å². The van der Waals surface area contributed by atoms with E-state index in [-0.39, 0.29) is 6.10 Å². The molecule has 132 valence electrons. The van der Waals surface area contributed by atoms with Crippen molar-refractivity contribution in [1.82, 2.24) is 19.8 Å². The van der Waals surface area contributed by atoms with Gasteiger partial charge in [-0.05, 0) is 44.2 Å². The van der Waals surface area contributed by atoms with Gasteiger partial charge in [0.25, 0.3) is 0 Å². The first-order chi connectivity index (χ1) is 11.5. The van der Waals surface area contributed by atoms with Crippen LogP contribution in [0.1, 0.15) is 11.1 Å². The molecule has 1 saturated heterocycles. The number of imidazole rings is 1. The number of rotatable bonds is 6. The summed E-state index contributed by atoms with van der Waals surface area (Å²) in [4.78, 5) is 6.71. The van der Waals surface area contributed by atoms with Crippen LogP contribution in [0.3, 0.4) is 0 Å². The van der Waals surface area contributed by atoms with Crippen LogP contribution in [0, 0.1) is 13.8 Å². The van der Waals surface area contributed by atoms with Crippen molar-refractivity contribution in [3.05, 3.63) is 29.6 Å². The van der Waals surface area contributed by atoms with Gasteiger partial charge in [-0.25, -0.2) is 4.98 Å². The van der Waals surface area contributed by atoms with E-state index in [1.807, 2.05) is 10.9 Å². The molecule has 0 aliphatic carbocycles. The number of fused-ring (bicyclic) bond motifs is 1. The fourth-order valence-corrected chi connectivity index (χ4v) is 3.15. The number of benzene rings is 1. The van der Waals surface area contributed by atoms with Crippen molar-refractivity contribution in [1.29, 1.82) is 0 Å². The van der Waals surface area contributed by atoms with Gasteiger partial charge in [0.1, 0.15) is 0 Å². The normalized spacial score (nSPS) is 20.6. The Balaban J connectivity index is 1.51. The standard InChI is InChI=1S/C18H28N4O2/c1-13-6-17-18(7-14(13)2)22(12-20-17)10-15(23)8-19-9-16-11-21(3)4-5-24-16/h6-7,12,15-16,19,23H,4-5,8-11H2,1-3H3/t15-,16-/m0/s1. The zero-order valence-corrected chi connectivity index (χ0v) is 14.8. The third-order valence-corrected chi connectivity index (χ3v) is 4.74. The molecule has 1 aliphatic heterocycles. The quantitative estimate of drug-likeness (QED) is 0.824. The molecular weight excluding hydrogens is 304 g/mol. The summed E-state index contributed by atoms with van der Waals surface area (Å²) in [6, 6.07) is 4.24. The van der Waals surface area contributed by atoms with Gasteiger partial charge in [0.05, 0.1) is 42.7 Å². The maximum Gasteiger partial charge on any atom is 0.0959 e. The fourth-order valence-electron chi connectivity index (χ4n) is 3.15. The molecule has 3 rings (SSSR count). The van der Waals surface area contributed by atoms with E-state index >= 15 is 0 Å². The van der Waals surface area contributed by atoms with Gasteiger partial charge < -0.3 is 24.6 Å². The molecule has 2 N–H and O–H groups in total. The maximum absolute atomic E-state index is 10.3. The SMILES string of the molecule is Cc1cc2ncn(C[C@@H](O)CNC[C@H]3CN(C)CCO3)c2cc1C. The van der Waals surface area contributed by atoms with E-state index < -0.39 is 6.10 Å². The van der Waals surface area contributed by atoms with E-state index in [0.29, 0.717) is 13.1 Å². The van der Waals surface area contributed by atoms with E-state index in [2.05, 4.69) is 48.2 Å². The molecule has 24 heavy (non-hydrogen) atoms. The van der Waals surface area contributed by atoms with Crippen molar-refractivity contribution in [2.45, 2.75) is 32.6 Å². The van der Waals surface area contributed by atoms with E-state index in [4.69, 9.17) is 4.74 Å². The van der Waals surface area contributed by atoms with Crippen LogP contribution in [0.25, 0.3) is 11.0 Å². The maximum atomic E-state index is 10.3. The molecule has 2 heterocycles. The average Bonchev–Trinajstić information content (AvgIpc) is 2.90. The molecule has 1 fully saturated rings. The second-order valence-corrected chi connectivity index (χ2v) is 6.89. The summed E-state index contributed by atoms with van der Waals surface area (Å²) in [5.74, 6) is 0. The number of aliphatic hydroxyl groups excluding tert-OH is 1. The van der Waals surface area contributed by atoms with E-state index in [1.165, 1.54) is 11.1 Å². The van der Waals surface area contributed by atoms with Gasteiger partial charge in [-0.1, -0.05) is 0 Å². The summed E-state index contributed by atoms with van der Waals surface area (Å²) in [7, 11) is 2.11. The largest absolute Gasteiger partial charge is 0.390 e. The molecule has 6 heteroatoms. The molecule has 0 radical (unpaired) electrons. The van der Waals surface area contributed by atoms with Crippen molar-refractivity contribution in [2.75, 3.05) is 39.8 Å². The van der Waals surface area contributed by atoms with Crippen molar-refractivity contribution >= 4 is 11.0 Å². The minimum absolute atomic E-state index is 0.204. The topological polar surface area (TPSA) is 62.5 Å². The predicted octanol–water partition coefficient (Wildman–Crippen LogP) is 0.934. The van der Waals surface area contributed by atoms with Crippen LogP contribution >= 0.6 is 0 Å². The smallest absolute Gasteiger partial charge is 0.0959 e. The zero-order chi connectivity index (χ0) is 17.1. The van der Waals surface area contributed by atoms with E-state index in [1.54, 1.807) is 0 Å². The molecule has 1 aromatic heterocycles. The summed E-state index contributed by atoms with van der Waals surface area (Å²) < 4.78 is 7.74. The summed E-state index contributed by atoms with van der Waals surface area (Å²) in [6.07, 6.45) is 1.56. The van der Waals surface area contributed by atoms with Crippen LogP contribution in [0.5, 0.6) is 0 Å². The van der Waals surface area contributed by atoms with Gasteiger partial charge in [0, 0.05) is 26.2 Å². The molecule has 0 saturated carbocycles. The summed E-state index contributed by atoms with van der Waals surface area (Å²) in [6.45, 7) is 8.77. The molecule has 2 aromatic rings. The first kappa shape index (κ1) is 17.4. The van der Waals surface area contributed by atoms with Gasteiger partial charge in [0.15, 0.2) is 0 Å². The lowest BCUT2D eigenvalue weighted by molar-refractivity contribution is -0.0192. The minimum Gasteiger partial charge on any atom is -0.390 e. The van der Waals surface area contributed by atoms with Crippen LogP contribution in [0.15, 0.2) is 18.5 Å². The lowest BCUT2D eigenvalue weighted by Gasteiger charge is -2.30. The Morgan fingerprint density at radius 3 is 2.96 bits per heavy atom. The van der Waals surface area contributed by atoms with Crippen LogP contribution < -0.4 is 5.32 Å². The average molecular weight is 332 g/mol. The molecule has 6 nitrogen and oxygen atoms in total. The van der Waals surface area contributed by atoms with Crippen LogP contribution in [0.4, 0.5) is 0 Å². The number of ether oxygens (including phenoxy) is 1. The fraction of sp³-hybridized carbons (Fsp3) is 0.611. The lowest BCUT2D eigenvalue weighted by atomic mass is 10.1. The lowest BCUT2D eigenvalue weighted by Crippen LogP contribution is -2.46. The first-order valence-corrected chi connectivity index (χ1v) is 8.64. The van der Waals surface area contributed by atoms with Gasteiger partial charge in [-0.2, -0.15) is 0 Å². The number of nitrogens with one attached hydrogen (secondary N) is 1. The second kappa shape index (κ2) is 7.61. The van der Waals surface area contributed by atoms with Crippen LogP contribution in [-0.4, -0.2) is 71.6 Å². The number of morpholine rings is 1. The Morgan fingerprint density at radius 1 is 1.38 bits per heavy atom. The molecule has 2 atom stereocenters. The van der Waals surface area contributed by atoms with Crippen molar-refractivity contribution < 1.29 is 9.84 Å². The third kappa shape index (κ3) is 4.13. The predicted molar refractivity (Wildman–Crippen MR) is 95.3 cm³/mol. The highest BCUT2D eigenvalue weighted by atomic mass is 16.5. The van der Waals surface area contributed by atoms with Gasteiger partial charge in [-0.15, -0.1) is 0 Å². The Hall–Kier alpha value is -1.47. The van der Waals surface area contributed by atoms with Crippen molar-refractivity contribution in [3.8, 4) is 0 Å². The number of aryl methyl sites for hydroxylation is 2. The summed E-state index contributed by atoms with van der Waals surface area (Å²) >= 11 is 0. The Kier molecular flexibility index (Phi) is 5.50. The minimum atomic E-state index is -0.453. The molecule has 1 aromatic carbocycles.